The Morgan fingerprint density at radius 1 is 1.08 bits per heavy atom. The summed E-state index contributed by atoms with van der Waals surface area (Å²) in [5.74, 6) is 0.321. The molecule has 0 atom stereocenters. The SMILES string of the molecule is Oc1ccc(F)c(Nc2ccnc3cc4c(C5CC5)csc4cc23)c1. The summed E-state index contributed by atoms with van der Waals surface area (Å²) in [7, 11) is 0. The van der Waals surface area contributed by atoms with Gasteiger partial charge in [-0.1, -0.05) is 0 Å². The average Bonchev–Trinajstić information content (AvgIpc) is 3.37. The van der Waals surface area contributed by atoms with E-state index >= 15 is 0 Å². The van der Waals surface area contributed by atoms with Crippen molar-refractivity contribution in [1.82, 2.24) is 4.98 Å². The third kappa shape index (κ3) is 2.51. The zero-order valence-electron chi connectivity index (χ0n) is 13.3. The first-order chi connectivity index (χ1) is 12.2. The van der Waals surface area contributed by atoms with Gasteiger partial charge in [-0.15, -0.1) is 11.3 Å². The van der Waals surface area contributed by atoms with E-state index in [1.54, 1.807) is 17.5 Å². The Labute approximate surface area is 147 Å². The van der Waals surface area contributed by atoms with Gasteiger partial charge in [0.1, 0.15) is 11.6 Å². The fourth-order valence-corrected chi connectivity index (χ4v) is 4.32. The van der Waals surface area contributed by atoms with Crippen LogP contribution in [0.1, 0.15) is 24.3 Å². The zero-order valence-corrected chi connectivity index (χ0v) is 14.1. The molecule has 5 heteroatoms. The van der Waals surface area contributed by atoms with Crippen LogP contribution in [0.3, 0.4) is 0 Å². The fourth-order valence-electron chi connectivity index (χ4n) is 3.26. The summed E-state index contributed by atoms with van der Waals surface area (Å²) in [6.45, 7) is 0. The molecule has 1 aliphatic carbocycles. The van der Waals surface area contributed by atoms with Gasteiger partial charge < -0.3 is 10.4 Å². The van der Waals surface area contributed by atoms with Crippen molar-refractivity contribution in [2.75, 3.05) is 5.32 Å². The molecule has 1 saturated carbocycles. The lowest BCUT2D eigenvalue weighted by Gasteiger charge is -2.11. The lowest BCUT2D eigenvalue weighted by molar-refractivity contribution is 0.473. The smallest absolute Gasteiger partial charge is 0.146 e. The average molecular weight is 350 g/mol. The van der Waals surface area contributed by atoms with Crippen molar-refractivity contribution >= 4 is 43.7 Å². The van der Waals surface area contributed by atoms with E-state index in [9.17, 15) is 9.50 Å². The second-order valence-electron chi connectivity index (χ2n) is 6.48. The van der Waals surface area contributed by atoms with Gasteiger partial charge in [-0.25, -0.2) is 4.39 Å². The molecule has 3 nitrogen and oxygen atoms in total. The Balaban J connectivity index is 1.65. The van der Waals surface area contributed by atoms with Gasteiger partial charge in [0.05, 0.1) is 11.2 Å². The van der Waals surface area contributed by atoms with Gasteiger partial charge in [0.2, 0.25) is 0 Å². The Kier molecular flexibility index (Phi) is 3.18. The molecule has 0 radical (unpaired) electrons. The van der Waals surface area contributed by atoms with E-state index in [0.29, 0.717) is 5.92 Å². The van der Waals surface area contributed by atoms with Crippen LogP contribution >= 0.6 is 11.3 Å². The van der Waals surface area contributed by atoms with Gasteiger partial charge in [0, 0.05) is 28.0 Å². The number of thiophene rings is 1. The van der Waals surface area contributed by atoms with Gasteiger partial charge in [-0.3, -0.25) is 4.98 Å². The topological polar surface area (TPSA) is 45.1 Å². The predicted octanol–water partition coefficient (Wildman–Crippen LogP) is 5.92. The normalized spacial score (nSPS) is 14.3. The van der Waals surface area contributed by atoms with Crippen LogP contribution in [0.5, 0.6) is 5.75 Å². The van der Waals surface area contributed by atoms with Crippen molar-refractivity contribution in [2.24, 2.45) is 0 Å². The van der Waals surface area contributed by atoms with E-state index in [2.05, 4.69) is 27.8 Å². The molecule has 2 N–H and O–H groups in total. The summed E-state index contributed by atoms with van der Waals surface area (Å²) in [4.78, 5) is 4.50. The van der Waals surface area contributed by atoms with Crippen LogP contribution in [-0.4, -0.2) is 10.1 Å². The number of benzene rings is 2. The molecule has 2 aromatic carbocycles. The molecule has 4 aromatic rings. The molecule has 25 heavy (non-hydrogen) atoms. The van der Waals surface area contributed by atoms with Gasteiger partial charge in [0.15, 0.2) is 0 Å². The van der Waals surface area contributed by atoms with Crippen LogP contribution in [0.2, 0.25) is 0 Å². The monoisotopic (exact) mass is 350 g/mol. The highest BCUT2D eigenvalue weighted by atomic mass is 32.1. The summed E-state index contributed by atoms with van der Waals surface area (Å²) < 4.78 is 15.2. The van der Waals surface area contributed by atoms with E-state index in [-0.39, 0.29) is 11.4 Å². The summed E-state index contributed by atoms with van der Waals surface area (Å²) in [5, 5.41) is 17.2. The summed E-state index contributed by atoms with van der Waals surface area (Å²) in [6.07, 6.45) is 4.27. The molecule has 0 amide bonds. The number of rotatable bonds is 3. The van der Waals surface area contributed by atoms with Gasteiger partial charge >= 0.3 is 0 Å². The van der Waals surface area contributed by atoms with Crippen LogP contribution in [-0.2, 0) is 0 Å². The Morgan fingerprint density at radius 3 is 2.80 bits per heavy atom. The minimum Gasteiger partial charge on any atom is -0.508 e. The number of fused-ring (bicyclic) bond motifs is 2. The van der Waals surface area contributed by atoms with Crippen molar-refractivity contribution < 1.29 is 9.50 Å². The highest BCUT2D eigenvalue weighted by molar-refractivity contribution is 7.17. The van der Waals surface area contributed by atoms with Crippen LogP contribution in [0.15, 0.2) is 48.0 Å². The number of anilines is 2. The van der Waals surface area contributed by atoms with E-state index in [1.807, 2.05) is 6.07 Å². The van der Waals surface area contributed by atoms with E-state index in [0.717, 1.165) is 16.6 Å². The molecular weight excluding hydrogens is 335 g/mol. The Morgan fingerprint density at radius 2 is 1.96 bits per heavy atom. The highest BCUT2D eigenvalue weighted by Crippen LogP contribution is 2.46. The molecule has 0 aliphatic heterocycles. The van der Waals surface area contributed by atoms with Crippen molar-refractivity contribution in [3.05, 3.63) is 59.4 Å². The number of aromatic nitrogens is 1. The molecule has 124 valence electrons. The molecule has 5 rings (SSSR count). The minimum absolute atomic E-state index is 0.0250. The van der Waals surface area contributed by atoms with Crippen molar-refractivity contribution in [2.45, 2.75) is 18.8 Å². The largest absolute Gasteiger partial charge is 0.508 e. The molecule has 0 bridgehead atoms. The minimum atomic E-state index is -0.406. The van der Waals surface area contributed by atoms with Crippen LogP contribution in [0.4, 0.5) is 15.8 Å². The number of pyridine rings is 1. The third-order valence-electron chi connectivity index (χ3n) is 4.70. The zero-order chi connectivity index (χ0) is 17.0. The van der Waals surface area contributed by atoms with Crippen LogP contribution in [0.25, 0.3) is 21.0 Å². The lowest BCUT2D eigenvalue weighted by Crippen LogP contribution is -1.95. The number of nitrogens with zero attached hydrogens (tertiary/aromatic N) is 1. The number of nitrogens with one attached hydrogen (secondary N) is 1. The molecule has 0 unspecified atom stereocenters. The van der Waals surface area contributed by atoms with Crippen LogP contribution < -0.4 is 5.32 Å². The summed E-state index contributed by atoms with van der Waals surface area (Å²) >= 11 is 1.75. The maximum absolute atomic E-state index is 14.0. The van der Waals surface area contributed by atoms with Crippen molar-refractivity contribution in [3.8, 4) is 5.75 Å². The van der Waals surface area contributed by atoms with E-state index < -0.39 is 5.82 Å². The second kappa shape index (κ2) is 5.43. The molecule has 0 saturated heterocycles. The van der Waals surface area contributed by atoms with Gasteiger partial charge in [-0.05, 0) is 65.4 Å². The van der Waals surface area contributed by atoms with E-state index in [4.69, 9.17) is 0 Å². The van der Waals surface area contributed by atoms with Crippen molar-refractivity contribution in [3.63, 3.8) is 0 Å². The first-order valence-corrected chi connectivity index (χ1v) is 9.12. The third-order valence-corrected chi connectivity index (χ3v) is 5.67. The quantitative estimate of drug-likeness (QED) is 0.482. The number of hydrogen-bond acceptors (Lipinski definition) is 4. The van der Waals surface area contributed by atoms with Crippen molar-refractivity contribution in [1.29, 1.82) is 0 Å². The molecule has 2 aromatic heterocycles. The Hall–Kier alpha value is -2.66. The Bertz CT molecular complexity index is 1120. The lowest BCUT2D eigenvalue weighted by atomic mass is 10.1. The maximum atomic E-state index is 14.0. The second-order valence-corrected chi connectivity index (χ2v) is 7.39. The molecule has 0 spiro atoms. The number of phenolic OH excluding ortho intramolecular Hbond substituents is 1. The van der Waals surface area contributed by atoms with E-state index in [1.165, 1.54) is 46.7 Å². The number of hydrogen-bond donors (Lipinski definition) is 2. The summed E-state index contributed by atoms with van der Waals surface area (Å²) in [6, 6.07) is 10.1. The first kappa shape index (κ1) is 14.7. The summed E-state index contributed by atoms with van der Waals surface area (Å²) in [5.41, 5.74) is 3.34. The molecular formula is C20H15FN2OS. The molecule has 1 aliphatic rings. The fraction of sp³-hybridized carbons (Fsp3) is 0.150. The number of halogens is 1. The maximum Gasteiger partial charge on any atom is 0.146 e. The van der Waals surface area contributed by atoms with Crippen LogP contribution in [0, 0.1) is 5.82 Å². The molecule has 2 heterocycles. The molecule has 1 fully saturated rings. The number of aromatic hydroxyl groups is 1. The van der Waals surface area contributed by atoms with Gasteiger partial charge in [0.25, 0.3) is 0 Å². The standard InChI is InChI=1S/C20H15FN2OS/c21-16-4-3-12(24)7-19(16)23-17-5-6-22-18-8-13-15(11-1-2-11)10-25-20(13)9-14(17)18/h3-11,24H,1-2H2,(H,22,23). The number of phenols is 1. The predicted molar refractivity (Wildman–Crippen MR) is 100 cm³/mol. The highest BCUT2D eigenvalue weighted by Gasteiger charge is 2.26. The first-order valence-electron chi connectivity index (χ1n) is 8.24. The van der Waals surface area contributed by atoms with Gasteiger partial charge in [-0.2, -0.15) is 0 Å².